The van der Waals surface area contributed by atoms with Gasteiger partial charge in [0.15, 0.2) is 0 Å². The standard InChI is InChI=1S/C15H19N3O/c1-10-4-5-14(11(2)8-10)18-9-12(3)17-13(6-7-16)15(18)19/h4-5,8,12-13,17H,6,9H2,1-3H3. The molecule has 1 heterocycles. The summed E-state index contributed by atoms with van der Waals surface area (Å²) in [5.41, 5.74) is 3.23. The molecule has 0 spiro atoms. The summed E-state index contributed by atoms with van der Waals surface area (Å²) in [7, 11) is 0. The van der Waals surface area contributed by atoms with Gasteiger partial charge in [-0.25, -0.2) is 0 Å². The second-order valence-corrected chi connectivity index (χ2v) is 5.22. The number of hydrogen-bond donors (Lipinski definition) is 1. The molecular formula is C15H19N3O. The highest BCUT2D eigenvalue weighted by atomic mass is 16.2. The molecule has 0 radical (unpaired) electrons. The summed E-state index contributed by atoms with van der Waals surface area (Å²) in [6.07, 6.45) is 0.213. The van der Waals surface area contributed by atoms with Gasteiger partial charge in [0.25, 0.3) is 0 Å². The van der Waals surface area contributed by atoms with Crippen LogP contribution in [-0.4, -0.2) is 24.5 Å². The van der Waals surface area contributed by atoms with Crippen molar-refractivity contribution in [3.05, 3.63) is 29.3 Å². The SMILES string of the molecule is Cc1ccc(N2CC(C)NC(CC#N)C2=O)c(C)c1. The van der Waals surface area contributed by atoms with E-state index in [1.165, 1.54) is 5.56 Å². The third kappa shape index (κ3) is 2.77. The molecule has 0 aromatic heterocycles. The highest BCUT2D eigenvalue weighted by molar-refractivity contribution is 5.98. The van der Waals surface area contributed by atoms with E-state index in [9.17, 15) is 4.79 Å². The van der Waals surface area contributed by atoms with Crippen molar-refractivity contribution in [2.24, 2.45) is 0 Å². The summed E-state index contributed by atoms with van der Waals surface area (Å²) in [4.78, 5) is 14.2. The Balaban J connectivity index is 2.32. The Morgan fingerprint density at radius 3 is 2.84 bits per heavy atom. The maximum atomic E-state index is 12.4. The number of amides is 1. The van der Waals surface area contributed by atoms with Crippen LogP contribution in [0.1, 0.15) is 24.5 Å². The van der Waals surface area contributed by atoms with Crippen LogP contribution in [0.4, 0.5) is 5.69 Å². The van der Waals surface area contributed by atoms with Gasteiger partial charge in [-0.05, 0) is 32.4 Å². The van der Waals surface area contributed by atoms with Gasteiger partial charge in [0.05, 0.1) is 12.5 Å². The maximum absolute atomic E-state index is 12.4. The summed E-state index contributed by atoms with van der Waals surface area (Å²) in [5.74, 6) is -0.00777. The number of benzene rings is 1. The molecule has 100 valence electrons. The lowest BCUT2D eigenvalue weighted by Crippen LogP contribution is -2.59. The second kappa shape index (κ2) is 5.41. The van der Waals surface area contributed by atoms with Crippen molar-refractivity contribution < 1.29 is 4.79 Å². The van der Waals surface area contributed by atoms with E-state index in [1.807, 2.05) is 32.9 Å². The minimum atomic E-state index is -0.394. The molecule has 0 aliphatic carbocycles. The predicted octanol–water partition coefficient (Wildman–Crippen LogP) is 1.91. The van der Waals surface area contributed by atoms with Gasteiger partial charge < -0.3 is 10.2 Å². The van der Waals surface area contributed by atoms with Crippen LogP contribution in [0.25, 0.3) is 0 Å². The van der Waals surface area contributed by atoms with E-state index in [2.05, 4.69) is 17.5 Å². The lowest BCUT2D eigenvalue weighted by atomic mass is 10.0. The van der Waals surface area contributed by atoms with Gasteiger partial charge in [-0.15, -0.1) is 0 Å². The van der Waals surface area contributed by atoms with Crippen LogP contribution < -0.4 is 10.2 Å². The molecule has 2 unspecified atom stereocenters. The highest BCUT2D eigenvalue weighted by Gasteiger charge is 2.33. The minimum Gasteiger partial charge on any atom is -0.309 e. The van der Waals surface area contributed by atoms with Crippen LogP contribution in [0.2, 0.25) is 0 Å². The van der Waals surface area contributed by atoms with Crippen molar-refractivity contribution in [3.63, 3.8) is 0 Å². The molecule has 1 aromatic carbocycles. The summed E-state index contributed by atoms with van der Waals surface area (Å²) >= 11 is 0. The van der Waals surface area contributed by atoms with Gasteiger partial charge in [0.1, 0.15) is 6.04 Å². The fraction of sp³-hybridized carbons (Fsp3) is 0.467. The first kappa shape index (κ1) is 13.6. The Labute approximate surface area is 114 Å². The van der Waals surface area contributed by atoms with Crippen molar-refractivity contribution >= 4 is 11.6 Å². The van der Waals surface area contributed by atoms with E-state index < -0.39 is 6.04 Å². The topological polar surface area (TPSA) is 56.1 Å². The van der Waals surface area contributed by atoms with E-state index >= 15 is 0 Å². The third-order valence-corrected chi connectivity index (χ3v) is 3.44. The number of carbonyl (C=O) groups is 1. The van der Waals surface area contributed by atoms with Gasteiger partial charge in [-0.2, -0.15) is 5.26 Å². The fourth-order valence-electron chi connectivity index (χ4n) is 2.58. The van der Waals surface area contributed by atoms with Crippen molar-refractivity contribution in [2.45, 2.75) is 39.3 Å². The predicted molar refractivity (Wildman–Crippen MR) is 74.9 cm³/mol. The van der Waals surface area contributed by atoms with Crippen molar-refractivity contribution in [2.75, 3.05) is 11.4 Å². The number of anilines is 1. The number of piperazine rings is 1. The Morgan fingerprint density at radius 2 is 2.21 bits per heavy atom. The van der Waals surface area contributed by atoms with Crippen LogP contribution in [-0.2, 0) is 4.79 Å². The van der Waals surface area contributed by atoms with Crippen LogP contribution in [0.5, 0.6) is 0 Å². The molecule has 1 aromatic rings. The largest absolute Gasteiger partial charge is 0.309 e. The number of nitriles is 1. The Morgan fingerprint density at radius 1 is 1.47 bits per heavy atom. The molecule has 0 saturated carbocycles. The smallest absolute Gasteiger partial charge is 0.245 e. The number of hydrogen-bond acceptors (Lipinski definition) is 3. The average molecular weight is 257 g/mol. The molecule has 1 aliphatic rings. The first-order chi connectivity index (χ1) is 9.02. The van der Waals surface area contributed by atoms with E-state index in [0.29, 0.717) is 6.54 Å². The first-order valence-electron chi connectivity index (χ1n) is 6.54. The molecule has 2 atom stereocenters. The van der Waals surface area contributed by atoms with E-state index in [-0.39, 0.29) is 18.4 Å². The van der Waals surface area contributed by atoms with Gasteiger partial charge in [0, 0.05) is 18.3 Å². The van der Waals surface area contributed by atoms with Gasteiger partial charge in [0.2, 0.25) is 5.91 Å². The summed E-state index contributed by atoms with van der Waals surface area (Å²) in [6.45, 7) is 6.73. The molecule has 1 aliphatic heterocycles. The Kier molecular flexibility index (Phi) is 3.87. The number of aryl methyl sites for hydroxylation is 2. The monoisotopic (exact) mass is 257 g/mol. The molecule has 4 heteroatoms. The highest BCUT2D eigenvalue weighted by Crippen LogP contribution is 2.24. The fourth-order valence-corrected chi connectivity index (χ4v) is 2.58. The zero-order valence-corrected chi connectivity index (χ0v) is 11.6. The molecular weight excluding hydrogens is 238 g/mol. The molecule has 1 saturated heterocycles. The molecule has 19 heavy (non-hydrogen) atoms. The quantitative estimate of drug-likeness (QED) is 0.880. The lowest BCUT2D eigenvalue weighted by Gasteiger charge is -2.37. The molecule has 1 N–H and O–H groups in total. The van der Waals surface area contributed by atoms with Crippen molar-refractivity contribution in [1.29, 1.82) is 5.26 Å². The lowest BCUT2D eigenvalue weighted by molar-refractivity contribution is -0.122. The summed E-state index contributed by atoms with van der Waals surface area (Å²) in [6, 6.07) is 7.96. The van der Waals surface area contributed by atoms with Crippen molar-refractivity contribution in [3.8, 4) is 6.07 Å². The molecule has 1 fully saturated rings. The summed E-state index contributed by atoms with van der Waals surface area (Å²) in [5, 5.41) is 12.0. The minimum absolute atomic E-state index is 0.00777. The number of nitrogens with one attached hydrogen (secondary N) is 1. The van der Waals surface area contributed by atoms with Crippen LogP contribution in [0.15, 0.2) is 18.2 Å². The van der Waals surface area contributed by atoms with Gasteiger partial charge in [-0.1, -0.05) is 17.7 Å². The molecule has 2 rings (SSSR count). The first-order valence-corrected chi connectivity index (χ1v) is 6.54. The van der Waals surface area contributed by atoms with E-state index in [0.717, 1.165) is 11.3 Å². The van der Waals surface area contributed by atoms with Crippen molar-refractivity contribution in [1.82, 2.24) is 5.32 Å². The molecule has 4 nitrogen and oxygen atoms in total. The van der Waals surface area contributed by atoms with E-state index in [1.54, 1.807) is 4.90 Å². The normalized spacial score (nSPS) is 23.3. The van der Waals surface area contributed by atoms with E-state index in [4.69, 9.17) is 5.26 Å². The second-order valence-electron chi connectivity index (χ2n) is 5.22. The Bertz CT molecular complexity index is 533. The van der Waals surface area contributed by atoms with Crippen LogP contribution >= 0.6 is 0 Å². The molecule has 0 bridgehead atoms. The zero-order valence-electron chi connectivity index (χ0n) is 11.6. The van der Waals surface area contributed by atoms with Crippen LogP contribution in [0, 0.1) is 25.2 Å². The van der Waals surface area contributed by atoms with Crippen LogP contribution in [0.3, 0.4) is 0 Å². The number of carbonyl (C=O) groups excluding carboxylic acids is 1. The van der Waals surface area contributed by atoms with Gasteiger partial charge in [-0.3, -0.25) is 4.79 Å². The maximum Gasteiger partial charge on any atom is 0.245 e. The zero-order chi connectivity index (χ0) is 14.0. The third-order valence-electron chi connectivity index (χ3n) is 3.44. The number of nitrogens with zero attached hydrogens (tertiary/aromatic N) is 2. The average Bonchev–Trinajstić information content (AvgIpc) is 2.34. The Hall–Kier alpha value is -1.86. The molecule has 1 amide bonds. The van der Waals surface area contributed by atoms with Gasteiger partial charge >= 0.3 is 0 Å². The number of rotatable bonds is 2. The summed E-state index contributed by atoms with van der Waals surface area (Å²) < 4.78 is 0.